The summed E-state index contributed by atoms with van der Waals surface area (Å²) >= 11 is -6.33. The Morgan fingerprint density at radius 1 is 0.292 bits per heavy atom. The third-order valence-electron chi connectivity index (χ3n) is 12.0. The Labute approximate surface area is 451 Å². The molecule has 0 radical (unpaired) electrons. The Morgan fingerprint density at radius 2 is 0.486 bits per heavy atom. The number of rotatable bonds is 43. The summed E-state index contributed by atoms with van der Waals surface area (Å²) in [4.78, 5) is 0. The first-order valence-corrected chi connectivity index (χ1v) is 36.5. The quantitative estimate of drug-likeness (QED) is 0.0313. The minimum atomic E-state index is -4.37. The van der Waals surface area contributed by atoms with E-state index in [0.29, 0.717) is 49.4 Å². The Kier molecular flexibility index (Phi) is 32.0. The Hall–Kier alpha value is -2.64. The van der Waals surface area contributed by atoms with E-state index in [1.54, 1.807) is 0 Å². The van der Waals surface area contributed by atoms with E-state index in [2.05, 4.69) is 27.7 Å². The molecular formula is C58H88I2O10S2. The van der Waals surface area contributed by atoms with Gasteiger partial charge in [-0.2, -0.15) is 0 Å². The van der Waals surface area contributed by atoms with E-state index >= 15 is 0 Å². The second kappa shape index (κ2) is 37.2. The predicted molar refractivity (Wildman–Crippen MR) is 314 cm³/mol. The van der Waals surface area contributed by atoms with Gasteiger partial charge in [0.15, 0.2) is 0 Å². The summed E-state index contributed by atoms with van der Waals surface area (Å²) in [6.07, 6.45) is 27.9. The van der Waals surface area contributed by atoms with Crippen LogP contribution in [0.5, 0.6) is 23.0 Å². The van der Waals surface area contributed by atoms with Crippen molar-refractivity contribution >= 4 is 60.7 Å². The van der Waals surface area contributed by atoms with Crippen molar-refractivity contribution in [1.29, 1.82) is 0 Å². The van der Waals surface area contributed by atoms with E-state index in [1.165, 1.54) is 103 Å². The van der Waals surface area contributed by atoms with Crippen molar-refractivity contribution in [2.45, 2.75) is 182 Å². The zero-order valence-corrected chi connectivity index (χ0v) is 50.1. The molecule has 0 aliphatic heterocycles. The molecule has 10 nitrogen and oxygen atoms in total. The second-order valence-electron chi connectivity index (χ2n) is 18.4. The first-order valence-electron chi connectivity index (χ1n) is 27.2. The van der Waals surface area contributed by atoms with Gasteiger partial charge in [0, 0.05) is 0 Å². The zero-order chi connectivity index (χ0) is 51.5. The van der Waals surface area contributed by atoms with E-state index < -0.39 is 72.2 Å². The summed E-state index contributed by atoms with van der Waals surface area (Å²) in [6.45, 7) is 11.3. The van der Waals surface area contributed by atoms with Crippen molar-refractivity contribution in [3.05, 3.63) is 111 Å². The molecule has 0 aromatic heterocycles. The Morgan fingerprint density at radius 3 is 0.694 bits per heavy atom. The van der Waals surface area contributed by atoms with Gasteiger partial charge in [0.25, 0.3) is 0 Å². The fourth-order valence-corrected chi connectivity index (χ4v) is 22.5. The normalized spacial score (nSPS) is 12.2. The maximum absolute atomic E-state index is 14.0. The molecule has 0 N–H and O–H groups in total. The average Bonchev–Trinajstić information content (AvgIpc) is 3.39. The van der Waals surface area contributed by atoms with Crippen LogP contribution in [0.3, 0.4) is 0 Å². The van der Waals surface area contributed by atoms with E-state index in [1.807, 2.05) is 97.1 Å². The van der Waals surface area contributed by atoms with Crippen LogP contribution in [0.2, 0.25) is 0 Å². The van der Waals surface area contributed by atoms with Crippen LogP contribution in [0.4, 0.5) is 0 Å². The van der Waals surface area contributed by atoms with Gasteiger partial charge in [-0.05, 0) is 0 Å². The van der Waals surface area contributed by atoms with Crippen LogP contribution >= 0.6 is 40.5 Å². The molecule has 4 aromatic rings. The SMILES string of the molecule is CCCCCCCCOc1ccc(I(OS(=O)(=O)CCS(=O)(=O)OI(c2ccc(OCCCCCCCC)cc2)c2ccc(OCCCCCCCC)cc2)c2ccc(OCCCCCCCC)cc2)cc1. The van der Waals surface area contributed by atoms with E-state index in [-0.39, 0.29) is 0 Å². The molecule has 0 aliphatic rings. The summed E-state index contributed by atoms with van der Waals surface area (Å²) < 4.78 is 95.3. The molecule has 0 fully saturated rings. The summed E-state index contributed by atoms with van der Waals surface area (Å²) in [6, 6.07) is 29.8. The van der Waals surface area contributed by atoms with Crippen LogP contribution in [-0.4, -0.2) is 54.8 Å². The Balaban J connectivity index is 1.47. The molecule has 406 valence electrons. The predicted octanol–water partition coefficient (Wildman–Crippen LogP) is 17.0. The third kappa shape index (κ3) is 26.2. The summed E-state index contributed by atoms with van der Waals surface area (Å²) in [5.41, 5.74) is 0. The molecule has 0 saturated heterocycles. The third-order valence-corrected chi connectivity index (χ3v) is 27.2. The molecule has 0 aliphatic carbocycles. The number of hydrogen-bond donors (Lipinski definition) is 0. The fourth-order valence-electron chi connectivity index (χ4n) is 7.73. The van der Waals surface area contributed by atoms with Gasteiger partial charge in [-0.15, -0.1) is 0 Å². The van der Waals surface area contributed by atoms with E-state index in [4.69, 9.17) is 24.0 Å². The fraction of sp³-hybridized carbons (Fsp3) is 0.586. The number of unbranched alkanes of at least 4 members (excludes halogenated alkanes) is 20. The van der Waals surface area contributed by atoms with Gasteiger partial charge in [-0.1, -0.05) is 27.7 Å². The molecule has 0 spiro atoms. The molecular weight excluding hydrogens is 1170 g/mol. The minimum absolute atomic E-state index is 0.609. The van der Waals surface area contributed by atoms with Crippen LogP contribution in [0.25, 0.3) is 0 Å². The molecule has 0 unspecified atom stereocenters. The van der Waals surface area contributed by atoms with Gasteiger partial charge in [-0.3, -0.25) is 0 Å². The van der Waals surface area contributed by atoms with Crippen molar-refractivity contribution in [2.24, 2.45) is 0 Å². The van der Waals surface area contributed by atoms with Gasteiger partial charge in [-0.25, -0.2) is 0 Å². The number of hydrogen-bond acceptors (Lipinski definition) is 10. The van der Waals surface area contributed by atoms with Crippen molar-refractivity contribution < 1.29 is 40.8 Å². The number of ether oxygens (including phenoxy) is 4. The molecule has 0 amide bonds. The molecule has 72 heavy (non-hydrogen) atoms. The molecule has 0 atom stereocenters. The van der Waals surface area contributed by atoms with Gasteiger partial charge in [0.05, 0.1) is 0 Å². The summed E-state index contributed by atoms with van der Waals surface area (Å²) in [5, 5.41) is 0. The van der Waals surface area contributed by atoms with Gasteiger partial charge in [0.1, 0.15) is 0 Å². The van der Waals surface area contributed by atoms with Crippen LogP contribution in [0.15, 0.2) is 97.1 Å². The second-order valence-corrected chi connectivity index (χ2v) is 31.7. The van der Waals surface area contributed by atoms with Crippen molar-refractivity contribution in [2.75, 3.05) is 37.9 Å². The van der Waals surface area contributed by atoms with E-state index in [0.717, 1.165) is 65.6 Å². The van der Waals surface area contributed by atoms with Crippen LogP contribution < -0.4 is 18.9 Å². The van der Waals surface area contributed by atoms with Crippen LogP contribution in [-0.2, 0) is 25.3 Å². The standard InChI is InChI=1S/C58H88I2O10S2/c1-5-9-13-17-21-25-45-65-55-37-29-51(30-38-55)59(52-31-39-56(40-32-52)66-46-26-22-18-14-10-6-2)69-71(61,62)49-50-72(63,64)70-60(53-33-41-57(42-34-53)67-47-27-23-19-15-11-7-3)54-35-43-58(44-36-54)68-48-28-24-20-16-12-8-4/h29-44H,5-28,45-50H2,1-4H3. The first kappa shape index (κ1) is 61.9. The molecule has 0 heterocycles. The number of halogens is 2. The van der Waals surface area contributed by atoms with Crippen molar-refractivity contribution in [1.82, 2.24) is 0 Å². The molecule has 0 saturated carbocycles. The van der Waals surface area contributed by atoms with Crippen molar-refractivity contribution in [3.8, 4) is 23.0 Å². The van der Waals surface area contributed by atoms with Crippen LogP contribution in [0.1, 0.15) is 182 Å². The van der Waals surface area contributed by atoms with Crippen LogP contribution in [0, 0.1) is 14.3 Å². The van der Waals surface area contributed by atoms with Gasteiger partial charge >= 0.3 is 428 Å². The monoisotopic (exact) mass is 1260 g/mol. The maximum atomic E-state index is 14.0. The van der Waals surface area contributed by atoms with E-state index in [9.17, 15) is 16.8 Å². The topological polar surface area (TPSA) is 124 Å². The van der Waals surface area contributed by atoms with Gasteiger partial charge < -0.3 is 0 Å². The number of benzene rings is 4. The average molecular weight is 1260 g/mol. The molecule has 0 bridgehead atoms. The summed E-state index contributed by atoms with van der Waals surface area (Å²) in [7, 11) is -8.73. The molecule has 4 aromatic carbocycles. The molecule has 4 rings (SSSR count). The van der Waals surface area contributed by atoms with Gasteiger partial charge in [0.2, 0.25) is 0 Å². The van der Waals surface area contributed by atoms with Crippen molar-refractivity contribution in [3.63, 3.8) is 0 Å². The first-order chi connectivity index (χ1) is 35.1. The zero-order valence-electron chi connectivity index (χ0n) is 44.1. The summed E-state index contributed by atoms with van der Waals surface area (Å²) in [5.74, 6) is 1.30. The molecule has 14 heteroatoms. The Bertz CT molecular complexity index is 1930.